The van der Waals surface area contributed by atoms with E-state index in [0.29, 0.717) is 49.7 Å². The van der Waals surface area contributed by atoms with Crippen LogP contribution in [0.4, 0.5) is 0 Å². The molecule has 4 atom stereocenters. The topological polar surface area (TPSA) is 107 Å². The molecule has 9 nitrogen and oxygen atoms in total. The highest BCUT2D eigenvalue weighted by Gasteiger charge is 2.64. The van der Waals surface area contributed by atoms with E-state index in [1.807, 2.05) is 0 Å². The molecule has 402 valence electrons. The van der Waals surface area contributed by atoms with E-state index in [4.69, 9.17) is 28.0 Å². The van der Waals surface area contributed by atoms with E-state index in [2.05, 4.69) is 54.7 Å². The van der Waals surface area contributed by atoms with Gasteiger partial charge in [-0.3, -0.25) is 18.7 Å². The predicted octanol–water partition coefficient (Wildman–Crippen LogP) is 18.4. The summed E-state index contributed by atoms with van der Waals surface area (Å²) in [6.07, 6.45) is 31.1. The quantitative estimate of drug-likeness (QED) is 0.0255. The largest absolute Gasteiger partial charge is 0.396 e. The van der Waals surface area contributed by atoms with E-state index in [1.54, 1.807) is 13.8 Å². The van der Waals surface area contributed by atoms with Gasteiger partial charge in [-0.2, -0.15) is 0 Å². The lowest BCUT2D eigenvalue weighted by Gasteiger charge is -2.44. The molecule has 0 aliphatic carbocycles. The average molecular weight is 983 g/mol. The van der Waals surface area contributed by atoms with Crippen LogP contribution >= 0.6 is 7.60 Å². The van der Waals surface area contributed by atoms with Gasteiger partial charge in [-0.1, -0.05) is 247 Å². The smallest absolute Gasteiger partial charge is 0.347 e. The molecule has 0 bridgehead atoms. The fraction of sp³-hybridized carbons (Fsp3) is 0.897. The number of Topliss-reactive ketones (excluding diaryl/α,β-unsaturated/α-hetero) is 2. The van der Waals surface area contributed by atoms with Crippen LogP contribution in [-0.4, -0.2) is 62.0 Å². The summed E-state index contributed by atoms with van der Waals surface area (Å²) in [5.41, 5.74) is -1.71. The molecule has 0 aromatic rings. The van der Waals surface area contributed by atoms with Crippen molar-refractivity contribution in [2.75, 3.05) is 26.4 Å². The zero-order valence-corrected chi connectivity index (χ0v) is 46.9. The van der Waals surface area contributed by atoms with Gasteiger partial charge < -0.3 is 23.5 Å². The highest BCUT2D eigenvalue weighted by Crippen LogP contribution is 2.65. The van der Waals surface area contributed by atoms with E-state index in [0.717, 1.165) is 180 Å². The first-order valence-corrected chi connectivity index (χ1v) is 30.4. The number of unbranched alkanes of at least 4 members (excludes halogenated alkanes) is 28. The summed E-state index contributed by atoms with van der Waals surface area (Å²) in [6, 6.07) is 0. The van der Waals surface area contributed by atoms with Gasteiger partial charge in [0.05, 0.1) is 13.2 Å². The molecule has 0 rings (SSSR count). The molecule has 0 aliphatic heterocycles. The van der Waals surface area contributed by atoms with Crippen molar-refractivity contribution in [1.82, 2.24) is 0 Å². The lowest BCUT2D eigenvalue weighted by molar-refractivity contribution is -0.328. The van der Waals surface area contributed by atoms with Gasteiger partial charge in [-0.15, -0.1) is 0 Å². The van der Waals surface area contributed by atoms with Crippen molar-refractivity contribution in [2.24, 2.45) is 0 Å². The fourth-order valence-corrected chi connectivity index (χ4v) is 10.7. The summed E-state index contributed by atoms with van der Waals surface area (Å²) < 4.78 is 58.6. The van der Waals surface area contributed by atoms with Crippen molar-refractivity contribution in [3.05, 3.63) is 24.3 Å². The van der Waals surface area contributed by atoms with Crippen LogP contribution in [0.25, 0.3) is 0 Å². The van der Waals surface area contributed by atoms with Gasteiger partial charge in [0.2, 0.25) is 6.29 Å². The molecular formula is C58H111O9P. The molecule has 4 unspecified atom stereocenters. The van der Waals surface area contributed by atoms with Crippen molar-refractivity contribution < 1.29 is 42.1 Å². The lowest BCUT2D eigenvalue weighted by atomic mass is 10.0. The number of carbonyl (C=O) groups excluding carboxylic acids is 2. The summed E-state index contributed by atoms with van der Waals surface area (Å²) in [7, 11) is -4.81. The summed E-state index contributed by atoms with van der Waals surface area (Å²) >= 11 is 0. The van der Waals surface area contributed by atoms with Gasteiger partial charge in [-0.25, -0.2) is 0 Å². The van der Waals surface area contributed by atoms with Crippen LogP contribution in [-0.2, 0) is 42.1 Å². The zero-order valence-electron chi connectivity index (χ0n) is 46.1. The molecule has 0 aliphatic rings. The second kappa shape index (κ2) is 45.7. The molecule has 0 radical (unpaired) electrons. The first-order valence-electron chi connectivity index (χ1n) is 28.8. The molecular weight excluding hydrogens is 872 g/mol. The van der Waals surface area contributed by atoms with Crippen LogP contribution in [0.5, 0.6) is 0 Å². The molecule has 0 aromatic carbocycles. The molecule has 0 saturated carbocycles. The van der Waals surface area contributed by atoms with E-state index in [1.165, 1.54) is 12.8 Å². The third kappa shape index (κ3) is 31.3. The zero-order chi connectivity index (χ0) is 50.6. The number of hydrogen-bond acceptors (Lipinski definition) is 9. The first kappa shape index (κ1) is 66.8. The van der Waals surface area contributed by atoms with E-state index in [-0.39, 0.29) is 38.0 Å². The average Bonchev–Trinajstić information content (AvgIpc) is 3.32. The minimum atomic E-state index is -4.81. The van der Waals surface area contributed by atoms with Crippen LogP contribution in [0.1, 0.15) is 287 Å². The molecule has 10 heteroatoms. The predicted molar refractivity (Wildman–Crippen MR) is 288 cm³/mol. The minimum absolute atomic E-state index is 0.0804. The molecule has 0 fully saturated rings. The summed E-state index contributed by atoms with van der Waals surface area (Å²) in [5, 5.41) is 0. The van der Waals surface area contributed by atoms with Crippen molar-refractivity contribution >= 4 is 19.2 Å². The van der Waals surface area contributed by atoms with Gasteiger partial charge >= 0.3 is 13.1 Å². The van der Waals surface area contributed by atoms with Gasteiger partial charge in [0.15, 0.2) is 11.6 Å². The van der Waals surface area contributed by atoms with Crippen molar-refractivity contribution in [3.63, 3.8) is 0 Å². The number of hydrogen-bond donors (Lipinski definition) is 0. The lowest BCUT2D eigenvalue weighted by Crippen LogP contribution is -2.54. The number of ketones is 2. The Kier molecular flexibility index (Phi) is 44.9. The van der Waals surface area contributed by atoms with Gasteiger partial charge in [0.1, 0.15) is 12.2 Å². The number of rotatable bonds is 54. The SMILES string of the molecule is C=C(C)C(=O)C(CCCCCCC)OC(OCCCCCCCC)(C(OCCCCCCCC)OCCCCCCCC)P(=O)(OCCCCCCCC)OC(CCCCCCC)C(=O)C(=C)C. The van der Waals surface area contributed by atoms with Crippen LogP contribution < -0.4 is 0 Å². The Morgan fingerprint density at radius 1 is 0.426 bits per heavy atom. The maximum Gasteiger partial charge on any atom is 0.396 e. The first-order chi connectivity index (χ1) is 32.9. The van der Waals surface area contributed by atoms with Crippen molar-refractivity contribution in [2.45, 2.75) is 311 Å². The third-order valence-corrected chi connectivity index (χ3v) is 15.2. The van der Waals surface area contributed by atoms with Crippen LogP contribution in [0.3, 0.4) is 0 Å². The van der Waals surface area contributed by atoms with Gasteiger partial charge in [-0.05, 0) is 63.5 Å². The summed E-state index contributed by atoms with van der Waals surface area (Å²) in [5.74, 6) is -0.636. The van der Waals surface area contributed by atoms with Gasteiger partial charge in [0, 0.05) is 13.2 Å². The van der Waals surface area contributed by atoms with Crippen molar-refractivity contribution in [3.8, 4) is 0 Å². The Hall–Kier alpha value is -1.19. The molecule has 0 aromatic heterocycles. The Labute approximate surface area is 421 Å². The molecule has 0 heterocycles. The van der Waals surface area contributed by atoms with Gasteiger partial charge in [0.25, 0.3) is 0 Å². The monoisotopic (exact) mass is 983 g/mol. The molecule has 0 saturated heterocycles. The highest BCUT2D eigenvalue weighted by molar-refractivity contribution is 7.55. The van der Waals surface area contributed by atoms with Crippen LogP contribution in [0.15, 0.2) is 24.3 Å². The summed E-state index contributed by atoms with van der Waals surface area (Å²) in [4.78, 5) is 28.7. The Bertz CT molecular complexity index is 1250. The number of ether oxygens (including phenoxy) is 4. The molecule has 0 amide bonds. The van der Waals surface area contributed by atoms with Crippen molar-refractivity contribution in [1.29, 1.82) is 0 Å². The standard InChI is InChI=1S/C58H111O9P/c1-11-17-23-29-35-41-47-62-57(63-48-42-36-30-24-18-12-2)58(64-49-43-37-31-25-19-13-3,66-53(55(59)51(7)8)45-39-33-27-21-15-5)68(61,65-50-44-38-32-26-20-14-4)67-54(56(60)52(9)10)46-40-34-28-22-16-6/h53-54,57H,7,9,11-50H2,1-6,8,10H3. The third-order valence-electron chi connectivity index (χ3n) is 12.9. The fourth-order valence-electron chi connectivity index (χ4n) is 8.46. The normalized spacial score (nSPS) is 14.5. The van der Waals surface area contributed by atoms with Crippen LogP contribution in [0, 0.1) is 0 Å². The Morgan fingerprint density at radius 3 is 1.12 bits per heavy atom. The van der Waals surface area contributed by atoms with E-state index in [9.17, 15) is 9.59 Å². The molecule has 0 spiro atoms. The van der Waals surface area contributed by atoms with E-state index >= 15 is 4.57 Å². The minimum Gasteiger partial charge on any atom is -0.347 e. The number of carbonyl (C=O) groups is 2. The summed E-state index contributed by atoms with van der Waals surface area (Å²) in [6.45, 7) is 25.5. The highest BCUT2D eigenvalue weighted by atomic mass is 31.2. The maximum absolute atomic E-state index is 16.9. The molecule has 0 N–H and O–H groups in total. The van der Waals surface area contributed by atoms with E-state index < -0.39 is 31.6 Å². The Balaban J connectivity index is 8.09. The maximum atomic E-state index is 16.9. The second-order valence-electron chi connectivity index (χ2n) is 19.8. The molecule has 68 heavy (non-hydrogen) atoms. The Morgan fingerprint density at radius 2 is 0.735 bits per heavy atom. The van der Waals surface area contributed by atoms with Crippen LogP contribution in [0.2, 0.25) is 0 Å². The second-order valence-corrected chi connectivity index (χ2v) is 21.9.